The molecule has 0 bridgehead atoms. The lowest BCUT2D eigenvalue weighted by Gasteiger charge is -2.33. The van der Waals surface area contributed by atoms with Crippen LogP contribution in [0.4, 0.5) is 11.4 Å². The van der Waals surface area contributed by atoms with Gasteiger partial charge in [-0.15, -0.1) is 0 Å². The average molecular weight is 813 g/mol. The highest BCUT2D eigenvalue weighted by atomic mass is 16.1. The van der Waals surface area contributed by atoms with Gasteiger partial charge in [-0.1, -0.05) is 38.1 Å². The Hall–Kier alpha value is -5.29. The van der Waals surface area contributed by atoms with Gasteiger partial charge in [-0.3, -0.25) is 36.9 Å². The first-order valence-electron chi connectivity index (χ1n) is 21.1. The molecule has 15 nitrogen and oxygen atoms in total. The summed E-state index contributed by atoms with van der Waals surface area (Å²) in [5, 5.41) is 37.1. The Morgan fingerprint density at radius 3 is 1.38 bits per heavy atom. The van der Waals surface area contributed by atoms with Gasteiger partial charge >= 0.3 is 0 Å². The Morgan fingerprint density at radius 2 is 1.03 bits per heavy atom. The minimum Gasteiger partial charge on any atom is -0.350 e. The number of amidine groups is 2. The molecule has 2 aromatic heterocycles. The number of nitrogens with zero attached hydrogens (tertiary/aromatic N) is 6. The van der Waals surface area contributed by atoms with Crippen molar-refractivity contribution in [1.82, 2.24) is 51.9 Å². The summed E-state index contributed by atoms with van der Waals surface area (Å²) < 4.78 is 0. The van der Waals surface area contributed by atoms with Crippen molar-refractivity contribution in [2.45, 2.75) is 62.9 Å². The van der Waals surface area contributed by atoms with Crippen LogP contribution >= 0.6 is 0 Å². The van der Waals surface area contributed by atoms with Crippen LogP contribution in [0.1, 0.15) is 81.8 Å². The number of nitrogens with one attached hydrogen (secondary N) is 8. The summed E-state index contributed by atoms with van der Waals surface area (Å²) in [5.41, 5.74) is 16.7. The molecular formula is C45H60N14O. The zero-order valence-corrected chi connectivity index (χ0v) is 36.2. The maximum atomic E-state index is 16.1. The number of rotatable bonds is 16. The number of pyridine rings is 2. The molecule has 60 heavy (non-hydrogen) atoms. The largest absolute Gasteiger partial charge is 0.350 e. The highest BCUT2D eigenvalue weighted by Crippen LogP contribution is 2.42. The number of carbonyl (C=O) groups excluding carboxylic acids is 1. The molecule has 4 aliphatic rings. The second-order valence-corrected chi connectivity index (χ2v) is 16.3. The average Bonchev–Trinajstić information content (AvgIpc) is 4.00. The van der Waals surface area contributed by atoms with Gasteiger partial charge in [0, 0.05) is 73.9 Å². The summed E-state index contributed by atoms with van der Waals surface area (Å²) in [5.74, 6) is -0.578. The lowest BCUT2D eigenvalue weighted by atomic mass is 9.81. The normalized spacial score (nSPS) is 18.2. The van der Waals surface area contributed by atoms with Crippen LogP contribution in [0.3, 0.4) is 0 Å². The Bertz CT molecular complexity index is 2160. The third kappa shape index (κ3) is 6.73. The van der Waals surface area contributed by atoms with E-state index in [2.05, 4.69) is 105 Å². The second kappa shape index (κ2) is 16.3. The molecule has 316 valence electrons. The van der Waals surface area contributed by atoms with Crippen molar-refractivity contribution in [3.8, 4) is 0 Å². The second-order valence-electron chi connectivity index (χ2n) is 16.3. The summed E-state index contributed by atoms with van der Waals surface area (Å²) in [7, 11) is 11.6. The van der Waals surface area contributed by atoms with Crippen molar-refractivity contribution in [3.63, 3.8) is 0 Å². The number of hydrogen-bond donors (Lipinski definition) is 8. The van der Waals surface area contributed by atoms with Gasteiger partial charge < -0.3 is 19.8 Å². The molecule has 0 saturated carbocycles. The molecule has 4 aromatic rings. The molecule has 2 unspecified atom stereocenters. The SMILES string of the molecule is CCc1ccc2c(n1)C(=N)N(CC(C(=O)C(CN1Cc3ccc(CC)nc3C1=N)c1ccc3c(c1)C(NC)(NC)CN3NC)c1ccc3c(c1)C(NC)(NC)CN3NC)C2. The van der Waals surface area contributed by atoms with E-state index in [0.717, 1.165) is 69.0 Å². The van der Waals surface area contributed by atoms with Crippen LogP contribution < -0.4 is 42.1 Å². The summed E-state index contributed by atoms with van der Waals surface area (Å²) in [4.78, 5) is 29.8. The molecule has 0 spiro atoms. The number of ketones is 1. The first-order chi connectivity index (χ1) is 29.0. The standard InChI is InChI=1S/C45H60N14O/c1-9-31-15-11-29-21-56(42(46)39(29)54-31)23-33(27-13-17-37-35(19-27)44(48-3,49-4)25-58(37)52-7)41(60)34(24-57-22-30-12-16-32(10-2)55-40(30)43(57)47)28-14-18-38-36(20-28)45(50-5,51-6)26-59(38)53-8/h11-20,33-34,46-53H,9-10,21-26H2,1-8H3. The predicted molar refractivity (Wildman–Crippen MR) is 237 cm³/mol. The molecule has 2 aromatic carbocycles. The Kier molecular flexibility index (Phi) is 11.3. The fourth-order valence-electron chi connectivity index (χ4n) is 9.71. The van der Waals surface area contributed by atoms with Crippen molar-refractivity contribution in [2.24, 2.45) is 0 Å². The van der Waals surface area contributed by atoms with Crippen molar-refractivity contribution in [2.75, 3.05) is 78.5 Å². The number of hydrazine groups is 2. The Balaban J connectivity index is 1.26. The number of anilines is 2. The van der Waals surface area contributed by atoms with E-state index in [1.54, 1.807) is 0 Å². The zero-order valence-electron chi connectivity index (χ0n) is 36.2. The summed E-state index contributed by atoms with van der Waals surface area (Å²) in [6, 6.07) is 20.9. The number of hydrogen-bond acceptors (Lipinski definition) is 13. The van der Waals surface area contributed by atoms with Gasteiger partial charge in [0.05, 0.1) is 36.3 Å². The van der Waals surface area contributed by atoms with Crippen molar-refractivity contribution >= 4 is 28.8 Å². The van der Waals surface area contributed by atoms with Crippen LogP contribution in [-0.2, 0) is 42.1 Å². The summed E-state index contributed by atoms with van der Waals surface area (Å²) >= 11 is 0. The van der Waals surface area contributed by atoms with E-state index in [9.17, 15) is 10.8 Å². The highest BCUT2D eigenvalue weighted by Gasteiger charge is 2.45. The molecule has 0 saturated heterocycles. The molecule has 0 radical (unpaired) electrons. The fourth-order valence-corrected chi connectivity index (χ4v) is 9.71. The van der Waals surface area contributed by atoms with Crippen LogP contribution in [0.25, 0.3) is 0 Å². The Labute approximate surface area is 353 Å². The van der Waals surface area contributed by atoms with Gasteiger partial charge in [-0.25, -0.2) is 20.8 Å². The van der Waals surface area contributed by atoms with Crippen molar-refractivity contribution in [3.05, 3.63) is 117 Å². The van der Waals surface area contributed by atoms with Gasteiger partial charge in [-0.05, 0) is 88.6 Å². The van der Waals surface area contributed by atoms with E-state index in [4.69, 9.17) is 9.97 Å². The number of carbonyl (C=O) groups is 1. The minimum absolute atomic E-state index is 0.0257. The third-order valence-electron chi connectivity index (χ3n) is 13.5. The molecular weight excluding hydrogens is 753 g/mol. The lowest BCUT2D eigenvalue weighted by Crippen LogP contribution is -2.55. The fraction of sp³-hybridized carbons (Fsp3) is 0.444. The van der Waals surface area contributed by atoms with Gasteiger partial charge in [0.25, 0.3) is 0 Å². The quantitative estimate of drug-likeness (QED) is 0.0777. The third-order valence-corrected chi connectivity index (χ3v) is 13.5. The van der Waals surface area contributed by atoms with Crippen LogP contribution in [0.15, 0.2) is 60.7 Å². The molecule has 6 heterocycles. The van der Waals surface area contributed by atoms with E-state index < -0.39 is 23.2 Å². The van der Waals surface area contributed by atoms with E-state index in [-0.39, 0.29) is 5.78 Å². The first-order valence-corrected chi connectivity index (χ1v) is 21.1. The van der Waals surface area contributed by atoms with E-state index in [0.29, 0.717) is 62.3 Å². The predicted octanol–water partition coefficient (Wildman–Crippen LogP) is 2.81. The monoisotopic (exact) mass is 813 g/mol. The molecule has 0 aliphatic carbocycles. The molecule has 15 heteroatoms. The van der Waals surface area contributed by atoms with E-state index in [1.807, 2.05) is 64.2 Å². The van der Waals surface area contributed by atoms with Gasteiger partial charge in [0.15, 0.2) is 5.78 Å². The van der Waals surface area contributed by atoms with E-state index in [1.165, 1.54) is 0 Å². The smallest absolute Gasteiger partial charge is 0.151 e. The van der Waals surface area contributed by atoms with Crippen molar-refractivity contribution in [1.29, 1.82) is 10.8 Å². The molecule has 0 fully saturated rings. The molecule has 2 atom stereocenters. The van der Waals surface area contributed by atoms with Gasteiger partial charge in [0.1, 0.15) is 34.4 Å². The number of fused-ring (bicyclic) bond motifs is 4. The molecule has 8 rings (SSSR count). The van der Waals surface area contributed by atoms with E-state index >= 15 is 4.79 Å². The van der Waals surface area contributed by atoms with Crippen LogP contribution in [0.5, 0.6) is 0 Å². The minimum atomic E-state index is -0.639. The number of Topliss-reactive ketones (excluding diaryl/α,β-unsaturated/α-hetero) is 1. The van der Waals surface area contributed by atoms with Crippen LogP contribution in [0, 0.1) is 10.8 Å². The molecule has 0 amide bonds. The maximum Gasteiger partial charge on any atom is 0.151 e. The zero-order chi connectivity index (χ0) is 42.5. The lowest BCUT2D eigenvalue weighted by molar-refractivity contribution is -0.122. The Morgan fingerprint density at radius 1 is 0.633 bits per heavy atom. The number of aryl methyl sites for hydroxylation is 2. The van der Waals surface area contributed by atoms with Crippen molar-refractivity contribution < 1.29 is 4.79 Å². The number of benzene rings is 2. The molecule has 4 aliphatic heterocycles. The topological polar surface area (TPSA) is 176 Å². The van der Waals surface area contributed by atoms with Gasteiger partial charge in [-0.2, -0.15) is 0 Å². The first kappa shape index (κ1) is 41.4. The van der Waals surface area contributed by atoms with Crippen LogP contribution in [-0.4, -0.2) is 106 Å². The highest BCUT2D eigenvalue weighted by molar-refractivity contribution is 6.01. The number of aromatic nitrogens is 2. The maximum absolute atomic E-state index is 16.1. The summed E-state index contributed by atoms with van der Waals surface area (Å²) in [6.45, 7) is 7.00. The molecule has 8 N–H and O–H groups in total. The number of likely N-dealkylation sites (N-methyl/N-ethyl adjacent to an activating group) is 4. The van der Waals surface area contributed by atoms with Crippen LogP contribution in [0.2, 0.25) is 0 Å². The summed E-state index contributed by atoms with van der Waals surface area (Å²) in [6.07, 6.45) is 1.56. The van der Waals surface area contributed by atoms with Gasteiger partial charge in [0.2, 0.25) is 0 Å².